The molecule has 20 heavy (non-hydrogen) atoms. The lowest BCUT2D eigenvalue weighted by atomic mass is 10.1. The van der Waals surface area contributed by atoms with Crippen LogP contribution < -0.4 is 4.74 Å². The fourth-order valence-corrected chi connectivity index (χ4v) is 1.77. The second kappa shape index (κ2) is 5.69. The van der Waals surface area contributed by atoms with Crippen LogP contribution in [0.3, 0.4) is 0 Å². The number of hydrogen-bond donors (Lipinski definition) is 1. The number of hydrogen-bond acceptors (Lipinski definition) is 2. The third-order valence-corrected chi connectivity index (χ3v) is 2.88. The number of aryl methyl sites for hydroxylation is 1. The fraction of sp³-hybridized carbons (Fsp3) is 0.133. The highest BCUT2D eigenvalue weighted by Gasteiger charge is 2.16. The normalized spacial score (nSPS) is 10.3. The van der Waals surface area contributed by atoms with E-state index in [-0.39, 0.29) is 17.9 Å². The molecular weight excluding hydrogens is 266 g/mol. The van der Waals surface area contributed by atoms with Gasteiger partial charge < -0.3 is 9.84 Å². The summed E-state index contributed by atoms with van der Waals surface area (Å²) in [5, 5.41) is 8.98. The molecule has 0 saturated heterocycles. The third-order valence-electron chi connectivity index (χ3n) is 2.88. The lowest BCUT2D eigenvalue weighted by Gasteiger charge is -2.11. The molecule has 2 aromatic rings. The van der Waals surface area contributed by atoms with Gasteiger partial charge in [-0.15, -0.1) is 0 Å². The lowest BCUT2D eigenvalue weighted by molar-refractivity contribution is 0.0690. The molecule has 2 aromatic carbocycles. The maximum Gasteiger partial charge on any atom is 0.339 e. The summed E-state index contributed by atoms with van der Waals surface area (Å²) in [4.78, 5) is 11.0. The van der Waals surface area contributed by atoms with Gasteiger partial charge in [0.1, 0.15) is 18.0 Å². The van der Waals surface area contributed by atoms with Crippen molar-refractivity contribution in [2.45, 2.75) is 13.5 Å². The Hall–Kier alpha value is -2.43. The number of carboxylic acids is 1. The van der Waals surface area contributed by atoms with Crippen LogP contribution in [0.25, 0.3) is 0 Å². The van der Waals surface area contributed by atoms with Gasteiger partial charge in [-0.05, 0) is 42.3 Å². The van der Waals surface area contributed by atoms with Crippen LogP contribution in [0.4, 0.5) is 8.78 Å². The molecule has 0 radical (unpaired) electrons. The van der Waals surface area contributed by atoms with E-state index in [4.69, 9.17) is 9.84 Å². The summed E-state index contributed by atoms with van der Waals surface area (Å²) in [5.41, 5.74) is 1.04. The molecule has 3 nitrogen and oxygen atoms in total. The summed E-state index contributed by atoms with van der Waals surface area (Å²) in [6.07, 6.45) is 0. The smallest absolute Gasteiger partial charge is 0.339 e. The van der Waals surface area contributed by atoms with Crippen LogP contribution in [0.15, 0.2) is 36.4 Å². The molecule has 0 bridgehead atoms. The Labute approximate surface area is 114 Å². The minimum atomic E-state index is -1.28. The van der Waals surface area contributed by atoms with Crippen molar-refractivity contribution < 1.29 is 23.4 Å². The van der Waals surface area contributed by atoms with Gasteiger partial charge >= 0.3 is 5.97 Å². The Morgan fingerprint density at radius 3 is 2.70 bits per heavy atom. The first-order valence-corrected chi connectivity index (χ1v) is 5.88. The third kappa shape index (κ3) is 2.93. The Morgan fingerprint density at radius 2 is 2.00 bits per heavy atom. The highest BCUT2D eigenvalue weighted by molar-refractivity contribution is 5.90. The lowest BCUT2D eigenvalue weighted by Crippen LogP contribution is -2.06. The van der Waals surface area contributed by atoms with Crippen molar-refractivity contribution >= 4 is 5.97 Å². The van der Waals surface area contributed by atoms with E-state index in [1.807, 2.05) is 0 Å². The largest absolute Gasteiger partial charge is 0.485 e. The molecule has 0 aliphatic heterocycles. The van der Waals surface area contributed by atoms with Crippen LogP contribution in [-0.2, 0) is 6.61 Å². The molecule has 0 heterocycles. The first-order chi connectivity index (χ1) is 9.49. The Kier molecular flexibility index (Phi) is 3.98. The molecule has 104 valence electrons. The van der Waals surface area contributed by atoms with Gasteiger partial charge in [0.2, 0.25) is 0 Å². The summed E-state index contributed by atoms with van der Waals surface area (Å²) in [6.45, 7) is 1.66. The van der Waals surface area contributed by atoms with Crippen molar-refractivity contribution in [1.82, 2.24) is 0 Å². The van der Waals surface area contributed by atoms with Gasteiger partial charge in [-0.3, -0.25) is 0 Å². The standard InChI is InChI=1S/C15H12F2O3/c1-9-5-6-11(16)7-10(9)8-20-14-12(15(18)19)3-2-4-13(14)17/h2-7H,8H2,1H3,(H,18,19). The molecular formula is C15H12F2O3. The molecule has 0 spiro atoms. The summed E-state index contributed by atoms with van der Waals surface area (Å²) in [7, 11) is 0. The SMILES string of the molecule is Cc1ccc(F)cc1COc1c(F)cccc1C(=O)O. The topological polar surface area (TPSA) is 46.5 Å². The van der Waals surface area contributed by atoms with Crippen LogP contribution in [-0.4, -0.2) is 11.1 Å². The highest BCUT2D eigenvalue weighted by Crippen LogP contribution is 2.24. The Morgan fingerprint density at radius 1 is 1.25 bits per heavy atom. The number of aromatic carboxylic acids is 1. The van der Waals surface area contributed by atoms with Crippen LogP contribution in [0.1, 0.15) is 21.5 Å². The monoisotopic (exact) mass is 278 g/mol. The molecule has 0 aromatic heterocycles. The van der Waals surface area contributed by atoms with Crippen molar-refractivity contribution in [3.05, 3.63) is 64.7 Å². The number of halogens is 2. The van der Waals surface area contributed by atoms with Crippen molar-refractivity contribution in [1.29, 1.82) is 0 Å². The number of carbonyl (C=O) groups is 1. The Balaban J connectivity index is 2.27. The van der Waals surface area contributed by atoms with E-state index in [1.54, 1.807) is 13.0 Å². The maximum absolute atomic E-state index is 13.6. The summed E-state index contributed by atoms with van der Waals surface area (Å²) in [5.74, 6) is -2.82. The van der Waals surface area contributed by atoms with Gasteiger partial charge in [0.25, 0.3) is 0 Å². The van der Waals surface area contributed by atoms with Crippen LogP contribution in [0.2, 0.25) is 0 Å². The van der Waals surface area contributed by atoms with Gasteiger partial charge in [-0.2, -0.15) is 0 Å². The van der Waals surface area contributed by atoms with E-state index >= 15 is 0 Å². The average molecular weight is 278 g/mol. The van der Waals surface area contributed by atoms with Crippen molar-refractivity contribution in [3.63, 3.8) is 0 Å². The molecule has 0 atom stereocenters. The number of para-hydroxylation sites is 1. The first-order valence-electron chi connectivity index (χ1n) is 5.88. The van der Waals surface area contributed by atoms with Gasteiger partial charge in [0.05, 0.1) is 0 Å². The van der Waals surface area contributed by atoms with Crippen molar-refractivity contribution in [2.75, 3.05) is 0 Å². The van der Waals surface area contributed by atoms with Crippen molar-refractivity contribution in [3.8, 4) is 5.75 Å². The second-order valence-electron chi connectivity index (χ2n) is 4.28. The second-order valence-corrected chi connectivity index (χ2v) is 4.28. The zero-order valence-corrected chi connectivity index (χ0v) is 10.7. The summed E-state index contributed by atoms with van der Waals surface area (Å²) in [6, 6.07) is 7.81. The van der Waals surface area contributed by atoms with Gasteiger partial charge in [0, 0.05) is 0 Å². The summed E-state index contributed by atoms with van der Waals surface area (Å²) < 4.78 is 32.0. The average Bonchev–Trinajstić information content (AvgIpc) is 2.40. The highest BCUT2D eigenvalue weighted by atomic mass is 19.1. The molecule has 1 N–H and O–H groups in total. The Bertz CT molecular complexity index is 654. The predicted molar refractivity (Wildman–Crippen MR) is 68.8 cm³/mol. The van der Waals surface area contributed by atoms with Crippen LogP contribution in [0, 0.1) is 18.6 Å². The van der Waals surface area contributed by atoms with Gasteiger partial charge in [-0.25, -0.2) is 13.6 Å². The van der Waals surface area contributed by atoms with E-state index in [0.717, 1.165) is 11.6 Å². The minimum absolute atomic E-state index is 0.106. The molecule has 0 amide bonds. The first kappa shape index (κ1) is 14.0. The van der Waals surface area contributed by atoms with Crippen molar-refractivity contribution in [2.24, 2.45) is 0 Å². The predicted octanol–water partition coefficient (Wildman–Crippen LogP) is 3.55. The molecule has 0 aliphatic rings. The number of benzene rings is 2. The molecule has 0 fully saturated rings. The quantitative estimate of drug-likeness (QED) is 0.930. The van der Waals surface area contributed by atoms with E-state index < -0.39 is 17.6 Å². The van der Waals surface area contributed by atoms with Gasteiger partial charge in [-0.1, -0.05) is 12.1 Å². The van der Waals surface area contributed by atoms with E-state index in [0.29, 0.717) is 5.56 Å². The zero-order valence-electron chi connectivity index (χ0n) is 10.7. The van der Waals surface area contributed by atoms with E-state index in [2.05, 4.69) is 0 Å². The molecule has 5 heteroatoms. The fourth-order valence-electron chi connectivity index (χ4n) is 1.77. The minimum Gasteiger partial charge on any atom is -0.485 e. The summed E-state index contributed by atoms with van der Waals surface area (Å²) >= 11 is 0. The van der Waals surface area contributed by atoms with E-state index in [9.17, 15) is 13.6 Å². The van der Waals surface area contributed by atoms with E-state index in [1.165, 1.54) is 24.3 Å². The number of ether oxygens (including phenoxy) is 1. The molecule has 0 saturated carbocycles. The number of rotatable bonds is 4. The van der Waals surface area contributed by atoms with Gasteiger partial charge in [0.15, 0.2) is 11.6 Å². The molecule has 0 aliphatic carbocycles. The zero-order chi connectivity index (χ0) is 14.7. The molecule has 0 unspecified atom stereocenters. The maximum atomic E-state index is 13.6. The van der Waals surface area contributed by atoms with Crippen LogP contribution >= 0.6 is 0 Å². The van der Waals surface area contributed by atoms with Crippen LogP contribution in [0.5, 0.6) is 5.75 Å². The molecule has 2 rings (SSSR count). The number of carboxylic acid groups (broad SMARTS) is 1.